The van der Waals surface area contributed by atoms with Crippen LogP contribution in [0.15, 0.2) is 18.3 Å². The fraction of sp³-hybridized carbons (Fsp3) is 0.700. The van der Waals surface area contributed by atoms with Gasteiger partial charge in [0.1, 0.15) is 0 Å². The average Bonchev–Trinajstić information content (AvgIpc) is 3.40. The predicted octanol–water partition coefficient (Wildman–Crippen LogP) is 3.11. The van der Waals surface area contributed by atoms with E-state index < -0.39 is 0 Å². The molecule has 2 heterocycles. The molecule has 0 radical (unpaired) electrons. The van der Waals surface area contributed by atoms with Crippen LogP contribution in [0.5, 0.6) is 0 Å². The third kappa shape index (κ3) is 4.35. The third-order valence-electron chi connectivity index (χ3n) is 5.41. The lowest BCUT2D eigenvalue weighted by molar-refractivity contribution is -0.133. The van der Waals surface area contributed by atoms with Gasteiger partial charge in [-0.05, 0) is 42.7 Å². The van der Waals surface area contributed by atoms with Crippen molar-refractivity contribution in [2.24, 2.45) is 11.8 Å². The average molecular weight is 329 g/mol. The largest absolute Gasteiger partial charge is 0.338 e. The van der Waals surface area contributed by atoms with Gasteiger partial charge in [-0.1, -0.05) is 26.8 Å². The Balaban J connectivity index is 1.68. The van der Waals surface area contributed by atoms with Crippen LogP contribution in [-0.2, 0) is 17.8 Å². The molecule has 1 atom stereocenters. The zero-order valence-electron chi connectivity index (χ0n) is 15.4. The lowest BCUT2D eigenvalue weighted by Gasteiger charge is -2.34. The molecule has 1 aliphatic heterocycles. The Labute approximate surface area is 146 Å². The number of hydrogen-bond acceptors (Lipinski definition) is 3. The minimum absolute atomic E-state index is 0.329. The van der Waals surface area contributed by atoms with E-state index in [-0.39, 0.29) is 0 Å². The minimum atomic E-state index is 0.329. The van der Waals surface area contributed by atoms with E-state index in [1.54, 1.807) is 0 Å². The summed E-state index contributed by atoms with van der Waals surface area (Å²) in [5.74, 6) is 1.59. The molecule has 4 nitrogen and oxygen atoms in total. The molecular weight excluding hydrogens is 298 g/mol. The first-order valence-corrected chi connectivity index (χ1v) is 9.52. The molecule has 0 spiro atoms. The van der Waals surface area contributed by atoms with Gasteiger partial charge in [-0.15, -0.1) is 0 Å². The summed E-state index contributed by atoms with van der Waals surface area (Å²) in [6.45, 7) is 10.3. The zero-order chi connectivity index (χ0) is 17.1. The second kappa shape index (κ2) is 7.64. The molecule has 3 rings (SSSR count). The summed E-state index contributed by atoms with van der Waals surface area (Å²) in [7, 11) is 0. The van der Waals surface area contributed by atoms with Crippen molar-refractivity contribution in [3.05, 3.63) is 29.6 Å². The Morgan fingerprint density at radius 1 is 1.29 bits per heavy atom. The highest BCUT2D eigenvalue weighted by molar-refractivity contribution is 5.77. The maximum Gasteiger partial charge on any atom is 0.224 e. The van der Waals surface area contributed by atoms with Crippen LogP contribution >= 0.6 is 0 Å². The standard InChI is InChI=1S/C20H31N3O/c1-4-16-7-8-18(21-11-16)13-22-10-9-20(24)23(12-17-5-6-17)19(14-22)15(2)3/h7-8,11,15,17,19H,4-6,9-10,12-14H2,1-3H3/t19-/m1/s1. The van der Waals surface area contributed by atoms with Crippen molar-refractivity contribution in [1.29, 1.82) is 0 Å². The third-order valence-corrected chi connectivity index (χ3v) is 5.41. The first kappa shape index (κ1) is 17.4. The fourth-order valence-electron chi connectivity index (χ4n) is 3.55. The van der Waals surface area contributed by atoms with E-state index in [4.69, 9.17) is 0 Å². The molecule has 132 valence electrons. The topological polar surface area (TPSA) is 36.4 Å². The number of rotatable bonds is 6. The Bertz CT molecular complexity index is 551. The van der Waals surface area contributed by atoms with E-state index >= 15 is 0 Å². The van der Waals surface area contributed by atoms with Crippen LogP contribution in [0.2, 0.25) is 0 Å². The molecule has 1 saturated heterocycles. The fourth-order valence-corrected chi connectivity index (χ4v) is 3.55. The van der Waals surface area contributed by atoms with Gasteiger partial charge >= 0.3 is 0 Å². The molecule has 2 fully saturated rings. The zero-order valence-corrected chi connectivity index (χ0v) is 15.4. The second-order valence-electron chi connectivity index (χ2n) is 7.80. The molecular formula is C20H31N3O. The number of aromatic nitrogens is 1. The summed E-state index contributed by atoms with van der Waals surface area (Å²) >= 11 is 0. The number of pyridine rings is 1. The van der Waals surface area contributed by atoms with Crippen molar-refractivity contribution in [2.45, 2.75) is 59.0 Å². The summed E-state index contributed by atoms with van der Waals surface area (Å²) in [6, 6.07) is 4.64. The Morgan fingerprint density at radius 3 is 2.67 bits per heavy atom. The van der Waals surface area contributed by atoms with Crippen LogP contribution in [-0.4, -0.2) is 46.4 Å². The van der Waals surface area contributed by atoms with Gasteiger partial charge in [0.25, 0.3) is 0 Å². The first-order chi connectivity index (χ1) is 11.6. The van der Waals surface area contributed by atoms with E-state index in [0.717, 1.165) is 44.2 Å². The van der Waals surface area contributed by atoms with Crippen LogP contribution in [0.1, 0.15) is 51.3 Å². The van der Waals surface area contributed by atoms with Crippen molar-refractivity contribution in [2.75, 3.05) is 19.6 Å². The van der Waals surface area contributed by atoms with Gasteiger partial charge in [-0.2, -0.15) is 0 Å². The molecule has 0 unspecified atom stereocenters. The van der Waals surface area contributed by atoms with Gasteiger partial charge in [0.05, 0.1) is 5.69 Å². The Hall–Kier alpha value is -1.42. The van der Waals surface area contributed by atoms with Gasteiger partial charge in [0.2, 0.25) is 5.91 Å². The number of amides is 1. The lowest BCUT2D eigenvalue weighted by Crippen LogP contribution is -2.47. The van der Waals surface area contributed by atoms with Gasteiger partial charge in [-0.25, -0.2) is 0 Å². The summed E-state index contributed by atoms with van der Waals surface area (Å²) in [5.41, 5.74) is 2.39. The molecule has 1 saturated carbocycles. The van der Waals surface area contributed by atoms with Crippen molar-refractivity contribution >= 4 is 5.91 Å². The van der Waals surface area contributed by atoms with Gasteiger partial charge in [0, 0.05) is 44.8 Å². The molecule has 1 aromatic rings. The minimum Gasteiger partial charge on any atom is -0.338 e. The normalized spacial score (nSPS) is 22.9. The molecule has 1 amide bonds. The van der Waals surface area contributed by atoms with Crippen LogP contribution in [0.3, 0.4) is 0 Å². The maximum atomic E-state index is 12.7. The summed E-state index contributed by atoms with van der Waals surface area (Å²) in [6.07, 6.45) is 6.25. The number of hydrogen-bond donors (Lipinski definition) is 0. The number of nitrogens with zero attached hydrogens (tertiary/aromatic N) is 3. The van der Waals surface area contributed by atoms with E-state index in [1.165, 1.54) is 18.4 Å². The number of carbonyl (C=O) groups excluding carboxylic acids is 1. The van der Waals surface area contributed by atoms with Crippen molar-refractivity contribution in [3.63, 3.8) is 0 Å². The maximum absolute atomic E-state index is 12.7. The summed E-state index contributed by atoms with van der Waals surface area (Å²) < 4.78 is 0. The molecule has 2 aliphatic rings. The molecule has 1 aliphatic carbocycles. The van der Waals surface area contributed by atoms with Crippen molar-refractivity contribution < 1.29 is 4.79 Å². The quantitative estimate of drug-likeness (QED) is 0.804. The second-order valence-corrected chi connectivity index (χ2v) is 7.80. The van der Waals surface area contributed by atoms with Crippen molar-refractivity contribution in [1.82, 2.24) is 14.8 Å². The van der Waals surface area contributed by atoms with E-state index in [9.17, 15) is 4.79 Å². The summed E-state index contributed by atoms with van der Waals surface area (Å²) in [5, 5.41) is 0. The highest BCUT2D eigenvalue weighted by atomic mass is 16.2. The van der Waals surface area contributed by atoms with Crippen LogP contribution in [0.4, 0.5) is 0 Å². The lowest BCUT2D eigenvalue weighted by atomic mass is 10.0. The molecule has 0 bridgehead atoms. The van der Waals surface area contributed by atoms with Gasteiger partial charge in [0.15, 0.2) is 0 Å². The van der Waals surface area contributed by atoms with Gasteiger partial charge < -0.3 is 4.90 Å². The highest BCUT2D eigenvalue weighted by Crippen LogP contribution is 2.32. The molecule has 0 N–H and O–H groups in total. The van der Waals surface area contributed by atoms with Crippen LogP contribution < -0.4 is 0 Å². The predicted molar refractivity (Wildman–Crippen MR) is 96.6 cm³/mol. The Kier molecular flexibility index (Phi) is 5.54. The summed E-state index contributed by atoms with van der Waals surface area (Å²) in [4.78, 5) is 21.9. The first-order valence-electron chi connectivity index (χ1n) is 9.52. The highest BCUT2D eigenvalue weighted by Gasteiger charge is 2.35. The van der Waals surface area contributed by atoms with E-state index in [2.05, 4.69) is 47.7 Å². The van der Waals surface area contributed by atoms with E-state index in [1.807, 2.05) is 6.20 Å². The Morgan fingerprint density at radius 2 is 2.08 bits per heavy atom. The van der Waals surface area contributed by atoms with Gasteiger partial charge in [-0.3, -0.25) is 14.7 Å². The number of carbonyl (C=O) groups is 1. The van der Waals surface area contributed by atoms with Crippen LogP contribution in [0.25, 0.3) is 0 Å². The molecule has 1 aromatic heterocycles. The van der Waals surface area contributed by atoms with Crippen LogP contribution in [0, 0.1) is 11.8 Å². The molecule has 4 heteroatoms. The monoisotopic (exact) mass is 329 g/mol. The molecule has 24 heavy (non-hydrogen) atoms. The SMILES string of the molecule is CCc1ccc(CN2CCC(=O)N(CC3CC3)[C@@H](C(C)C)C2)nc1. The van der Waals surface area contributed by atoms with E-state index in [0.29, 0.717) is 24.3 Å². The van der Waals surface area contributed by atoms with Crippen molar-refractivity contribution in [3.8, 4) is 0 Å². The number of aryl methyl sites for hydroxylation is 1. The smallest absolute Gasteiger partial charge is 0.224 e. The molecule has 0 aromatic carbocycles.